The lowest BCUT2D eigenvalue weighted by atomic mass is 10.2. The third-order valence-electron chi connectivity index (χ3n) is 2.95. The third-order valence-corrected chi connectivity index (χ3v) is 3.28. The molecule has 0 radical (unpaired) electrons. The largest absolute Gasteiger partial charge is 0.350 e. The molecule has 102 valence electrons. The summed E-state index contributed by atoms with van der Waals surface area (Å²) in [4.78, 5) is 18.9. The molecule has 0 spiro atoms. The van der Waals surface area contributed by atoms with Crippen LogP contribution in [0.1, 0.15) is 10.5 Å². The summed E-state index contributed by atoms with van der Waals surface area (Å²) in [5.41, 5.74) is 1.34. The molecule has 0 saturated heterocycles. The number of carbonyl (C=O) groups is 1. The number of hydrogen-bond acceptors (Lipinski definition) is 3. The number of nitrogens with zero attached hydrogens (tertiary/aromatic N) is 3. The van der Waals surface area contributed by atoms with Crippen LogP contribution in [-0.4, -0.2) is 32.2 Å². The molecular formula is C13H12ClN5O. The van der Waals surface area contributed by atoms with E-state index in [4.69, 9.17) is 11.6 Å². The number of rotatable bonds is 4. The van der Waals surface area contributed by atoms with Crippen molar-refractivity contribution < 1.29 is 4.79 Å². The number of carbonyl (C=O) groups excluding carboxylic acids is 1. The number of aromatic nitrogens is 4. The van der Waals surface area contributed by atoms with Gasteiger partial charge in [0.2, 0.25) is 0 Å². The maximum Gasteiger partial charge on any atom is 0.267 e. The van der Waals surface area contributed by atoms with Crippen molar-refractivity contribution in [1.82, 2.24) is 25.1 Å². The number of nitrogens with one attached hydrogen (secondary N) is 2. The van der Waals surface area contributed by atoms with Crippen molar-refractivity contribution in [2.24, 2.45) is 0 Å². The Hall–Kier alpha value is -2.34. The van der Waals surface area contributed by atoms with E-state index in [-0.39, 0.29) is 5.91 Å². The molecule has 2 N–H and O–H groups in total. The Bertz CT molecular complexity index is 734. The molecule has 2 aromatic heterocycles. The number of H-pyrrole nitrogens is 1. The molecule has 0 atom stereocenters. The SMILES string of the molecule is O=C(NCCn1cncn1)c1cc2c(Cl)cccc2[nH]1. The molecular weight excluding hydrogens is 278 g/mol. The van der Waals surface area contributed by atoms with Crippen molar-refractivity contribution in [3.05, 3.63) is 47.6 Å². The van der Waals surface area contributed by atoms with Gasteiger partial charge < -0.3 is 10.3 Å². The Labute approximate surface area is 119 Å². The summed E-state index contributed by atoms with van der Waals surface area (Å²) >= 11 is 6.08. The minimum absolute atomic E-state index is 0.169. The van der Waals surface area contributed by atoms with E-state index < -0.39 is 0 Å². The molecule has 0 fully saturated rings. The average Bonchev–Trinajstić information content (AvgIpc) is 3.07. The van der Waals surface area contributed by atoms with Crippen LogP contribution in [0.3, 0.4) is 0 Å². The molecule has 0 aliphatic heterocycles. The van der Waals surface area contributed by atoms with E-state index in [9.17, 15) is 4.79 Å². The van der Waals surface area contributed by atoms with Gasteiger partial charge in [-0.2, -0.15) is 5.10 Å². The number of amides is 1. The van der Waals surface area contributed by atoms with Crippen molar-refractivity contribution in [3.63, 3.8) is 0 Å². The van der Waals surface area contributed by atoms with Gasteiger partial charge in [0, 0.05) is 22.5 Å². The van der Waals surface area contributed by atoms with Gasteiger partial charge in [-0.25, -0.2) is 4.98 Å². The maximum absolute atomic E-state index is 12.0. The monoisotopic (exact) mass is 289 g/mol. The second-order valence-corrected chi connectivity index (χ2v) is 4.71. The number of fused-ring (bicyclic) bond motifs is 1. The summed E-state index contributed by atoms with van der Waals surface area (Å²) in [6.07, 6.45) is 3.07. The molecule has 0 bridgehead atoms. The van der Waals surface area contributed by atoms with Gasteiger partial charge in [0.1, 0.15) is 18.3 Å². The van der Waals surface area contributed by atoms with Crippen molar-refractivity contribution in [2.45, 2.75) is 6.54 Å². The van der Waals surface area contributed by atoms with Gasteiger partial charge >= 0.3 is 0 Å². The highest BCUT2D eigenvalue weighted by Crippen LogP contribution is 2.23. The second kappa shape index (κ2) is 5.34. The standard InChI is InChI=1S/C13H12ClN5O/c14-10-2-1-3-11-9(10)6-12(18-11)13(20)16-4-5-19-8-15-7-17-19/h1-3,6-8,18H,4-5H2,(H,16,20). The van der Waals surface area contributed by atoms with Crippen LogP contribution in [-0.2, 0) is 6.54 Å². The van der Waals surface area contributed by atoms with Crippen molar-refractivity contribution >= 4 is 28.4 Å². The molecule has 7 heteroatoms. The number of aromatic amines is 1. The van der Waals surface area contributed by atoms with Crippen LogP contribution in [0.15, 0.2) is 36.9 Å². The molecule has 0 aliphatic rings. The average molecular weight is 290 g/mol. The Morgan fingerprint density at radius 2 is 2.35 bits per heavy atom. The zero-order valence-corrected chi connectivity index (χ0v) is 11.3. The first-order chi connectivity index (χ1) is 9.74. The quantitative estimate of drug-likeness (QED) is 0.769. The van der Waals surface area contributed by atoms with Gasteiger partial charge in [-0.1, -0.05) is 17.7 Å². The molecule has 20 heavy (non-hydrogen) atoms. The highest BCUT2D eigenvalue weighted by Gasteiger charge is 2.10. The van der Waals surface area contributed by atoms with Crippen LogP contribution in [0.25, 0.3) is 10.9 Å². The minimum Gasteiger partial charge on any atom is -0.350 e. The number of benzene rings is 1. The Morgan fingerprint density at radius 1 is 1.45 bits per heavy atom. The van der Waals surface area contributed by atoms with Crippen LogP contribution in [0, 0.1) is 0 Å². The third kappa shape index (κ3) is 2.50. The van der Waals surface area contributed by atoms with E-state index >= 15 is 0 Å². The molecule has 1 aromatic carbocycles. The van der Waals surface area contributed by atoms with E-state index in [1.165, 1.54) is 6.33 Å². The summed E-state index contributed by atoms with van der Waals surface area (Å²) in [7, 11) is 0. The number of halogens is 1. The number of hydrogen-bond donors (Lipinski definition) is 2. The normalized spacial score (nSPS) is 10.8. The van der Waals surface area contributed by atoms with Gasteiger partial charge in [-0.05, 0) is 18.2 Å². The molecule has 6 nitrogen and oxygen atoms in total. The van der Waals surface area contributed by atoms with Gasteiger partial charge in [-0.3, -0.25) is 9.48 Å². The summed E-state index contributed by atoms with van der Waals surface area (Å²) in [5, 5.41) is 8.25. The fourth-order valence-electron chi connectivity index (χ4n) is 1.97. The van der Waals surface area contributed by atoms with E-state index in [1.807, 2.05) is 12.1 Å². The molecule has 0 unspecified atom stereocenters. The Balaban J connectivity index is 1.68. The minimum atomic E-state index is -0.169. The molecule has 3 aromatic rings. The van der Waals surface area contributed by atoms with Gasteiger partial charge in [0.15, 0.2) is 0 Å². The molecule has 3 rings (SSSR count). The zero-order chi connectivity index (χ0) is 13.9. The van der Waals surface area contributed by atoms with E-state index in [0.29, 0.717) is 23.8 Å². The smallest absolute Gasteiger partial charge is 0.267 e. The Morgan fingerprint density at radius 3 is 3.10 bits per heavy atom. The van der Waals surface area contributed by atoms with Crippen LogP contribution in [0.5, 0.6) is 0 Å². The molecule has 1 amide bonds. The first-order valence-electron chi connectivity index (χ1n) is 6.12. The second-order valence-electron chi connectivity index (χ2n) is 4.30. The predicted octanol–water partition coefficient (Wildman–Crippen LogP) is 1.84. The summed E-state index contributed by atoms with van der Waals surface area (Å²) in [6, 6.07) is 7.27. The molecule has 2 heterocycles. The lowest BCUT2D eigenvalue weighted by molar-refractivity contribution is 0.0948. The van der Waals surface area contributed by atoms with Crippen molar-refractivity contribution in [2.75, 3.05) is 6.54 Å². The van der Waals surface area contributed by atoms with E-state index in [1.54, 1.807) is 23.1 Å². The first kappa shape index (κ1) is 12.7. The van der Waals surface area contributed by atoms with Gasteiger partial charge in [0.05, 0.1) is 6.54 Å². The zero-order valence-electron chi connectivity index (χ0n) is 10.5. The van der Waals surface area contributed by atoms with E-state index in [0.717, 1.165) is 10.9 Å². The lowest BCUT2D eigenvalue weighted by Gasteiger charge is -2.03. The first-order valence-corrected chi connectivity index (χ1v) is 6.50. The summed E-state index contributed by atoms with van der Waals surface area (Å²) in [5.74, 6) is -0.169. The summed E-state index contributed by atoms with van der Waals surface area (Å²) in [6.45, 7) is 1.05. The fourth-order valence-corrected chi connectivity index (χ4v) is 2.20. The van der Waals surface area contributed by atoms with Crippen LogP contribution in [0.2, 0.25) is 5.02 Å². The molecule has 0 aliphatic carbocycles. The van der Waals surface area contributed by atoms with E-state index in [2.05, 4.69) is 20.4 Å². The van der Waals surface area contributed by atoms with Gasteiger partial charge in [0.25, 0.3) is 5.91 Å². The van der Waals surface area contributed by atoms with Crippen LogP contribution in [0.4, 0.5) is 0 Å². The maximum atomic E-state index is 12.0. The fraction of sp³-hybridized carbons (Fsp3) is 0.154. The highest BCUT2D eigenvalue weighted by molar-refractivity contribution is 6.35. The highest BCUT2D eigenvalue weighted by atomic mass is 35.5. The van der Waals surface area contributed by atoms with Gasteiger partial charge in [-0.15, -0.1) is 0 Å². The Kier molecular flexibility index (Phi) is 3.39. The summed E-state index contributed by atoms with van der Waals surface area (Å²) < 4.78 is 1.66. The predicted molar refractivity (Wildman–Crippen MR) is 75.7 cm³/mol. The lowest BCUT2D eigenvalue weighted by Crippen LogP contribution is -2.27. The van der Waals surface area contributed by atoms with Crippen LogP contribution >= 0.6 is 11.6 Å². The molecule has 0 saturated carbocycles. The topological polar surface area (TPSA) is 75.6 Å². The van der Waals surface area contributed by atoms with Crippen molar-refractivity contribution in [1.29, 1.82) is 0 Å². The van der Waals surface area contributed by atoms with Crippen molar-refractivity contribution in [3.8, 4) is 0 Å². The van der Waals surface area contributed by atoms with Crippen LogP contribution < -0.4 is 5.32 Å².